The van der Waals surface area contributed by atoms with Gasteiger partial charge in [0.2, 0.25) is 5.91 Å². The van der Waals surface area contributed by atoms with Crippen LogP contribution in [0, 0.1) is 0 Å². The summed E-state index contributed by atoms with van der Waals surface area (Å²) in [5, 5.41) is 19.1. The number of carbonyl (C=O) groups excluding carboxylic acids is 1. The van der Waals surface area contributed by atoms with Gasteiger partial charge in [-0.3, -0.25) is 9.59 Å². The third-order valence-corrected chi connectivity index (χ3v) is 2.80. The van der Waals surface area contributed by atoms with Crippen LogP contribution in [0.25, 0.3) is 0 Å². The number of carboxylic acids is 1. The van der Waals surface area contributed by atoms with Crippen molar-refractivity contribution in [2.24, 2.45) is 0 Å². The maximum absolute atomic E-state index is 11.9. The van der Waals surface area contributed by atoms with Gasteiger partial charge in [0, 0.05) is 0 Å². The smallest absolute Gasteiger partial charge is 0.309 e. The topological polar surface area (TPSA) is 97.1 Å². The minimum absolute atomic E-state index is 0.131. The zero-order valence-corrected chi connectivity index (χ0v) is 11.0. The summed E-state index contributed by atoms with van der Waals surface area (Å²) in [4.78, 5) is 22.5. The molecule has 0 bridgehead atoms. The van der Waals surface area contributed by atoms with Gasteiger partial charge in [-0.2, -0.15) is 0 Å². The summed E-state index contributed by atoms with van der Waals surface area (Å²) in [6, 6.07) is 6.81. The molecule has 0 unspecified atom stereocenters. The maximum atomic E-state index is 11.9. The number of amides is 1. The van der Waals surface area contributed by atoms with Crippen molar-refractivity contribution >= 4 is 29.2 Å². The van der Waals surface area contributed by atoms with Crippen LogP contribution in [0.5, 0.6) is 0 Å². The van der Waals surface area contributed by atoms with Crippen LogP contribution in [0.1, 0.15) is 5.69 Å². The standard InChI is InChI=1S/C12H11ClN4O3/c13-9-3-1-2-4-10(9)15-11(18)7-17-8(5-12(19)20)6-14-16-17/h1-4,6H,5,7H2,(H,15,18)(H,19,20). The molecule has 0 atom stereocenters. The summed E-state index contributed by atoms with van der Waals surface area (Å²) >= 11 is 5.92. The van der Waals surface area contributed by atoms with Crippen molar-refractivity contribution < 1.29 is 14.7 Å². The highest BCUT2D eigenvalue weighted by Crippen LogP contribution is 2.20. The van der Waals surface area contributed by atoms with Crippen molar-refractivity contribution in [2.45, 2.75) is 13.0 Å². The van der Waals surface area contributed by atoms with E-state index in [1.807, 2.05) is 0 Å². The lowest BCUT2D eigenvalue weighted by Gasteiger charge is -2.08. The molecule has 8 heteroatoms. The number of aromatic nitrogens is 3. The number of nitrogens with one attached hydrogen (secondary N) is 1. The molecule has 1 aromatic heterocycles. The molecule has 2 N–H and O–H groups in total. The van der Waals surface area contributed by atoms with Crippen molar-refractivity contribution in [2.75, 3.05) is 5.32 Å². The van der Waals surface area contributed by atoms with E-state index in [1.54, 1.807) is 24.3 Å². The number of hydrogen-bond donors (Lipinski definition) is 2. The summed E-state index contributed by atoms with van der Waals surface area (Å²) in [5.41, 5.74) is 0.839. The van der Waals surface area contributed by atoms with E-state index in [1.165, 1.54) is 10.9 Å². The summed E-state index contributed by atoms with van der Waals surface area (Å²) < 4.78 is 1.24. The van der Waals surface area contributed by atoms with Gasteiger partial charge in [0.1, 0.15) is 6.54 Å². The molecule has 7 nitrogen and oxygen atoms in total. The Bertz CT molecular complexity index is 641. The number of anilines is 1. The van der Waals surface area contributed by atoms with Crippen LogP contribution in [-0.4, -0.2) is 32.0 Å². The van der Waals surface area contributed by atoms with E-state index >= 15 is 0 Å². The minimum atomic E-state index is -1.01. The highest BCUT2D eigenvalue weighted by Gasteiger charge is 2.12. The second-order valence-electron chi connectivity index (χ2n) is 3.98. The normalized spacial score (nSPS) is 10.2. The first-order valence-corrected chi connectivity index (χ1v) is 6.07. The molecule has 1 amide bonds. The summed E-state index contributed by atoms with van der Waals surface area (Å²) in [5.74, 6) is -1.38. The number of carbonyl (C=O) groups is 2. The summed E-state index contributed by atoms with van der Waals surface area (Å²) in [7, 11) is 0. The number of hydrogen-bond acceptors (Lipinski definition) is 4. The molecular weight excluding hydrogens is 284 g/mol. The number of nitrogens with zero attached hydrogens (tertiary/aromatic N) is 3. The van der Waals surface area contributed by atoms with Gasteiger partial charge >= 0.3 is 5.97 Å². The van der Waals surface area contributed by atoms with E-state index in [0.29, 0.717) is 16.4 Å². The van der Waals surface area contributed by atoms with Crippen LogP contribution in [0.15, 0.2) is 30.5 Å². The Morgan fingerprint density at radius 2 is 2.10 bits per heavy atom. The predicted molar refractivity (Wildman–Crippen MR) is 71.4 cm³/mol. The second kappa shape index (κ2) is 6.16. The van der Waals surface area contributed by atoms with Gasteiger partial charge < -0.3 is 10.4 Å². The fraction of sp³-hybridized carbons (Fsp3) is 0.167. The molecule has 0 aliphatic carbocycles. The SMILES string of the molecule is O=C(O)Cc1cnnn1CC(=O)Nc1ccccc1Cl. The molecule has 104 valence electrons. The summed E-state index contributed by atoms with van der Waals surface area (Å²) in [6.07, 6.45) is 1.07. The largest absolute Gasteiger partial charge is 0.481 e. The van der Waals surface area contributed by atoms with Gasteiger partial charge in [0.05, 0.1) is 29.0 Å². The van der Waals surface area contributed by atoms with E-state index in [2.05, 4.69) is 15.6 Å². The second-order valence-corrected chi connectivity index (χ2v) is 4.39. The van der Waals surface area contributed by atoms with Crippen molar-refractivity contribution in [3.05, 3.63) is 41.2 Å². The number of rotatable bonds is 5. The minimum Gasteiger partial charge on any atom is -0.481 e. The van der Waals surface area contributed by atoms with E-state index in [9.17, 15) is 9.59 Å². The first-order chi connectivity index (χ1) is 9.56. The van der Waals surface area contributed by atoms with Crippen LogP contribution in [-0.2, 0) is 22.6 Å². The highest BCUT2D eigenvalue weighted by molar-refractivity contribution is 6.33. The molecule has 20 heavy (non-hydrogen) atoms. The van der Waals surface area contributed by atoms with Crippen molar-refractivity contribution in [3.63, 3.8) is 0 Å². The Kier molecular flexibility index (Phi) is 4.31. The van der Waals surface area contributed by atoms with E-state index in [-0.39, 0.29) is 18.9 Å². The van der Waals surface area contributed by atoms with Crippen LogP contribution in [0.4, 0.5) is 5.69 Å². The Hall–Kier alpha value is -2.41. The highest BCUT2D eigenvalue weighted by atomic mass is 35.5. The third kappa shape index (κ3) is 3.55. The number of carboxylic acid groups (broad SMARTS) is 1. The quantitative estimate of drug-likeness (QED) is 0.863. The first kappa shape index (κ1) is 14.0. The number of halogens is 1. The Labute approximate surface area is 119 Å². The molecular formula is C12H11ClN4O3. The van der Waals surface area contributed by atoms with E-state index < -0.39 is 5.97 Å². The Morgan fingerprint density at radius 3 is 2.80 bits per heavy atom. The summed E-state index contributed by atoms with van der Waals surface area (Å²) in [6.45, 7) is -0.131. The van der Waals surface area contributed by atoms with Gasteiger partial charge in [0.25, 0.3) is 0 Å². The molecule has 1 aromatic carbocycles. The van der Waals surface area contributed by atoms with Gasteiger partial charge in [-0.25, -0.2) is 4.68 Å². The predicted octanol–water partition coefficient (Wildman–Crippen LogP) is 1.20. The number of aliphatic carboxylic acids is 1. The van der Waals surface area contributed by atoms with Crippen LogP contribution in [0.2, 0.25) is 5.02 Å². The fourth-order valence-electron chi connectivity index (χ4n) is 1.59. The Morgan fingerprint density at radius 1 is 1.35 bits per heavy atom. The lowest BCUT2D eigenvalue weighted by molar-refractivity contribution is -0.136. The first-order valence-electron chi connectivity index (χ1n) is 5.70. The molecule has 0 saturated heterocycles. The monoisotopic (exact) mass is 294 g/mol. The number of benzene rings is 1. The zero-order chi connectivity index (χ0) is 14.5. The zero-order valence-electron chi connectivity index (χ0n) is 10.3. The molecule has 1 heterocycles. The van der Waals surface area contributed by atoms with Crippen LogP contribution < -0.4 is 5.32 Å². The molecule has 2 aromatic rings. The lowest BCUT2D eigenvalue weighted by Crippen LogP contribution is -2.22. The maximum Gasteiger partial charge on any atom is 0.309 e. The van der Waals surface area contributed by atoms with E-state index in [0.717, 1.165) is 0 Å². The molecule has 0 saturated carbocycles. The van der Waals surface area contributed by atoms with Crippen molar-refractivity contribution in [1.29, 1.82) is 0 Å². The van der Waals surface area contributed by atoms with Gasteiger partial charge in [0.15, 0.2) is 0 Å². The third-order valence-electron chi connectivity index (χ3n) is 2.47. The fourth-order valence-corrected chi connectivity index (χ4v) is 1.78. The van der Waals surface area contributed by atoms with Gasteiger partial charge in [-0.1, -0.05) is 28.9 Å². The van der Waals surface area contributed by atoms with E-state index in [4.69, 9.17) is 16.7 Å². The van der Waals surface area contributed by atoms with Gasteiger partial charge in [-0.15, -0.1) is 5.10 Å². The molecule has 0 fully saturated rings. The molecule has 0 aliphatic rings. The lowest BCUT2D eigenvalue weighted by atomic mass is 10.3. The molecule has 0 spiro atoms. The molecule has 2 rings (SSSR count). The van der Waals surface area contributed by atoms with Crippen LogP contribution in [0.3, 0.4) is 0 Å². The van der Waals surface area contributed by atoms with Crippen LogP contribution >= 0.6 is 11.6 Å². The average molecular weight is 295 g/mol. The van der Waals surface area contributed by atoms with Crippen molar-refractivity contribution in [3.8, 4) is 0 Å². The molecule has 0 radical (unpaired) electrons. The average Bonchev–Trinajstić information content (AvgIpc) is 2.78. The molecule has 0 aliphatic heterocycles. The Balaban J connectivity index is 2.04. The number of para-hydroxylation sites is 1. The van der Waals surface area contributed by atoms with Gasteiger partial charge in [-0.05, 0) is 12.1 Å². The van der Waals surface area contributed by atoms with Crippen molar-refractivity contribution in [1.82, 2.24) is 15.0 Å².